The topological polar surface area (TPSA) is 29.3 Å². The lowest BCUT2D eigenvalue weighted by atomic mass is 10.4. The Morgan fingerprint density at radius 2 is 2.13 bits per heavy atom. The Bertz CT molecular complexity index is 247. The lowest BCUT2D eigenvalue weighted by molar-refractivity contribution is -0.502. The number of halogens is 1. The Kier molecular flexibility index (Phi) is 12.0. The number of hydrogen-bond donors (Lipinski definition) is 0. The number of esters is 1. The molecule has 0 aromatic rings. The molecular weight excluding hydrogens is 214 g/mol. The molecule has 0 aliphatic heterocycles. The molecule has 0 saturated carbocycles. The van der Waals surface area contributed by atoms with Gasteiger partial charge in [0.25, 0.3) is 0 Å². The Morgan fingerprint density at radius 1 is 1.47 bits per heavy atom. The molecule has 0 aromatic carbocycles. The highest BCUT2D eigenvalue weighted by atomic mass is 35.5. The Morgan fingerprint density at radius 3 is 2.60 bits per heavy atom. The van der Waals surface area contributed by atoms with Gasteiger partial charge in [0.15, 0.2) is 13.1 Å². The van der Waals surface area contributed by atoms with Crippen LogP contribution in [-0.4, -0.2) is 36.5 Å². The summed E-state index contributed by atoms with van der Waals surface area (Å²) in [7, 11) is 0. The molecule has 86 valence electrons. The van der Waals surface area contributed by atoms with E-state index in [0.29, 0.717) is 19.7 Å². The summed E-state index contributed by atoms with van der Waals surface area (Å²) >= 11 is 0. The molecule has 0 N–H and O–H groups in total. The fraction of sp³-hybridized carbons (Fsp3) is 0.455. The summed E-state index contributed by atoms with van der Waals surface area (Å²) in [5, 5.41) is 0. The first-order valence-corrected chi connectivity index (χ1v) is 4.72. The van der Waals surface area contributed by atoms with Gasteiger partial charge in [-0.2, -0.15) is 0 Å². The van der Waals surface area contributed by atoms with E-state index < -0.39 is 0 Å². The SMILES string of the molecule is C=CC[N+](=CC(=O)OCC)CC=CC.[Cl-]. The molecular formula is C11H18ClNO2. The second-order valence-electron chi connectivity index (χ2n) is 2.69. The average molecular weight is 232 g/mol. The molecule has 0 rings (SSSR count). The van der Waals surface area contributed by atoms with Gasteiger partial charge in [0.2, 0.25) is 6.21 Å². The molecule has 0 amide bonds. The summed E-state index contributed by atoms with van der Waals surface area (Å²) in [6.45, 7) is 9.09. The standard InChI is InChI=1S/C11H18NO2.ClH/c1-4-7-9-12(8-5-2)10-11(13)14-6-3;/h4-5,7,10H,2,6,8-9H2,1,3H3;1H/q+1;/p-1. The lowest BCUT2D eigenvalue weighted by Gasteiger charge is -1.97. The summed E-state index contributed by atoms with van der Waals surface area (Å²) in [6, 6.07) is 0. The van der Waals surface area contributed by atoms with Crippen LogP contribution in [0.3, 0.4) is 0 Å². The average Bonchev–Trinajstić information content (AvgIpc) is 2.15. The largest absolute Gasteiger partial charge is 1.00 e. The fourth-order valence-corrected chi connectivity index (χ4v) is 0.915. The molecule has 0 aliphatic rings. The van der Waals surface area contributed by atoms with Crippen molar-refractivity contribution in [3.63, 3.8) is 0 Å². The van der Waals surface area contributed by atoms with Crippen LogP contribution in [0.4, 0.5) is 0 Å². The minimum atomic E-state index is -0.307. The van der Waals surface area contributed by atoms with Crippen LogP contribution in [0.1, 0.15) is 13.8 Å². The third-order valence-electron chi connectivity index (χ3n) is 1.51. The van der Waals surface area contributed by atoms with Gasteiger partial charge in [0.05, 0.1) is 6.61 Å². The van der Waals surface area contributed by atoms with Gasteiger partial charge in [-0.1, -0.05) is 12.7 Å². The van der Waals surface area contributed by atoms with E-state index in [-0.39, 0.29) is 18.4 Å². The van der Waals surface area contributed by atoms with Crippen molar-refractivity contribution in [3.8, 4) is 0 Å². The highest BCUT2D eigenvalue weighted by molar-refractivity contribution is 6.20. The first kappa shape index (κ1) is 16.3. The van der Waals surface area contributed by atoms with E-state index in [9.17, 15) is 4.79 Å². The molecule has 3 nitrogen and oxygen atoms in total. The predicted octanol–water partition coefficient (Wildman–Crippen LogP) is -1.60. The maximum absolute atomic E-state index is 11.1. The quantitative estimate of drug-likeness (QED) is 0.239. The van der Waals surface area contributed by atoms with Gasteiger partial charge in [-0.25, -0.2) is 9.37 Å². The summed E-state index contributed by atoms with van der Waals surface area (Å²) in [6.07, 6.45) is 7.12. The monoisotopic (exact) mass is 231 g/mol. The molecule has 4 heteroatoms. The van der Waals surface area contributed by atoms with E-state index in [1.165, 1.54) is 6.21 Å². The van der Waals surface area contributed by atoms with Gasteiger partial charge >= 0.3 is 5.97 Å². The van der Waals surface area contributed by atoms with Crippen LogP contribution in [0, 0.1) is 0 Å². The van der Waals surface area contributed by atoms with Gasteiger partial charge in [0, 0.05) is 0 Å². The molecule has 0 saturated heterocycles. The van der Waals surface area contributed by atoms with E-state index >= 15 is 0 Å². The van der Waals surface area contributed by atoms with Crippen molar-refractivity contribution >= 4 is 12.2 Å². The molecule has 0 radical (unpaired) electrons. The number of nitrogens with zero attached hydrogens (tertiary/aromatic N) is 1. The van der Waals surface area contributed by atoms with Crippen molar-refractivity contribution in [2.24, 2.45) is 0 Å². The zero-order valence-electron chi connectivity index (χ0n) is 9.28. The van der Waals surface area contributed by atoms with Crippen LogP contribution in [0.2, 0.25) is 0 Å². The number of carbonyl (C=O) groups excluding carboxylic acids is 1. The van der Waals surface area contributed by atoms with Crippen LogP contribution < -0.4 is 12.4 Å². The van der Waals surface area contributed by atoms with Gasteiger partial charge in [-0.05, 0) is 26.0 Å². The van der Waals surface area contributed by atoms with Crippen LogP contribution >= 0.6 is 0 Å². The van der Waals surface area contributed by atoms with Gasteiger partial charge < -0.3 is 17.1 Å². The van der Waals surface area contributed by atoms with Crippen LogP contribution in [0.5, 0.6) is 0 Å². The number of ether oxygens (including phenoxy) is 1. The molecule has 0 spiro atoms. The second kappa shape index (κ2) is 11.0. The van der Waals surface area contributed by atoms with Gasteiger partial charge in [0.1, 0.15) is 0 Å². The number of carbonyl (C=O) groups is 1. The Labute approximate surface area is 97.5 Å². The summed E-state index contributed by atoms with van der Waals surface area (Å²) in [4.78, 5) is 11.1. The second-order valence-corrected chi connectivity index (χ2v) is 2.69. The third-order valence-corrected chi connectivity index (χ3v) is 1.51. The first-order chi connectivity index (χ1) is 6.74. The lowest BCUT2D eigenvalue weighted by Crippen LogP contribution is -3.00. The zero-order chi connectivity index (χ0) is 10.8. The molecule has 0 fully saturated rings. The van der Waals surface area contributed by atoms with Crippen molar-refractivity contribution < 1.29 is 26.5 Å². The van der Waals surface area contributed by atoms with E-state index in [1.807, 2.05) is 23.7 Å². The maximum atomic E-state index is 11.1. The van der Waals surface area contributed by atoms with Gasteiger partial charge in [-0.15, -0.1) is 0 Å². The van der Waals surface area contributed by atoms with Crippen molar-refractivity contribution in [2.45, 2.75) is 13.8 Å². The molecule has 0 unspecified atom stereocenters. The molecule has 0 aliphatic carbocycles. The van der Waals surface area contributed by atoms with Crippen LogP contribution in [0.25, 0.3) is 0 Å². The summed E-state index contributed by atoms with van der Waals surface area (Å²) < 4.78 is 6.64. The van der Waals surface area contributed by atoms with Crippen molar-refractivity contribution in [3.05, 3.63) is 24.8 Å². The normalized spacial score (nSPS) is 10.9. The highest BCUT2D eigenvalue weighted by Gasteiger charge is 2.05. The van der Waals surface area contributed by atoms with Gasteiger partial charge in [-0.3, -0.25) is 0 Å². The minimum absolute atomic E-state index is 0. The summed E-state index contributed by atoms with van der Waals surface area (Å²) in [5.41, 5.74) is 0. The fourth-order valence-electron chi connectivity index (χ4n) is 0.915. The molecule has 0 atom stereocenters. The first-order valence-electron chi connectivity index (χ1n) is 4.72. The predicted molar refractivity (Wildman–Crippen MR) is 57.7 cm³/mol. The zero-order valence-corrected chi connectivity index (χ0v) is 10.0. The molecule has 0 bridgehead atoms. The van der Waals surface area contributed by atoms with E-state index in [0.717, 1.165) is 0 Å². The van der Waals surface area contributed by atoms with Crippen LogP contribution in [0.15, 0.2) is 24.8 Å². The van der Waals surface area contributed by atoms with E-state index in [1.54, 1.807) is 13.0 Å². The summed E-state index contributed by atoms with van der Waals surface area (Å²) in [5.74, 6) is -0.307. The number of rotatable bonds is 6. The smallest absolute Gasteiger partial charge is 0.395 e. The van der Waals surface area contributed by atoms with E-state index in [4.69, 9.17) is 4.74 Å². The Balaban J connectivity index is 0. The van der Waals surface area contributed by atoms with Crippen molar-refractivity contribution in [2.75, 3.05) is 19.7 Å². The van der Waals surface area contributed by atoms with Crippen LogP contribution in [-0.2, 0) is 9.53 Å². The number of hydrogen-bond acceptors (Lipinski definition) is 2. The Hall–Kier alpha value is -1.09. The van der Waals surface area contributed by atoms with E-state index in [2.05, 4.69) is 6.58 Å². The van der Waals surface area contributed by atoms with Crippen molar-refractivity contribution in [1.82, 2.24) is 0 Å². The highest BCUT2D eigenvalue weighted by Crippen LogP contribution is 1.81. The minimum Gasteiger partial charge on any atom is -1.00 e. The maximum Gasteiger partial charge on any atom is 0.395 e. The molecule has 15 heavy (non-hydrogen) atoms. The third kappa shape index (κ3) is 9.22. The van der Waals surface area contributed by atoms with Crippen molar-refractivity contribution in [1.29, 1.82) is 0 Å². The number of allylic oxidation sites excluding steroid dienone is 1. The molecule has 0 heterocycles. The molecule has 0 aromatic heterocycles.